The molecule has 0 unspecified atom stereocenters. The first-order valence-electron chi connectivity index (χ1n) is 15.2. The van der Waals surface area contributed by atoms with Crippen molar-refractivity contribution in [2.45, 2.75) is 32.1 Å². The zero-order valence-corrected chi connectivity index (χ0v) is 23.9. The number of rotatable bonds is 11. The van der Waals surface area contributed by atoms with Crippen LogP contribution in [0.2, 0.25) is 0 Å². The molecule has 2 aliphatic rings. The number of ketones is 1. The summed E-state index contributed by atoms with van der Waals surface area (Å²) in [5.74, 6) is 1.68. The van der Waals surface area contributed by atoms with Crippen LogP contribution >= 0.6 is 0 Å². The van der Waals surface area contributed by atoms with Gasteiger partial charge in [0.15, 0.2) is 5.78 Å². The van der Waals surface area contributed by atoms with Crippen molar-refractivity contribution in [1.29, 1.82) is 0 Å². The fourth-order valence-corrected chi connectivity index (χ4v) is 6.11. The number of ether oxygens (including phenoxy) is 2. The molecule has 2 fully saturated rings. The lowest BCUT2D eigenvalue weighted by Gasteiger charge is -2.26. The second-order valence-corrected chi connectivity index (χ2v) is 11.2. The van der Waals surface area contributed by atoms with Crippen molar-refractivity contribution in [2.75, 3.05) is 52.5 Å². The van der Waals surface area contributed by atoms with Gasteiger partial charge in [-0.15, -0.1) is 0 Å². The van der Waals surface area contributed by atoms with E-state index in [9.17, 15) is 4.79 Å². The lowest BCUT2D eigenvalue weighted by Crippen LogP contribution is -2.33. The van der Waals surface area contributed by atoms with E-state index in [1.807, 2.05) is 54.6 Å². The molecule has 41 heavy (non-hydrogen) atoms. The van der Waals surface area contributed by atoms with Crippen LogP contribution in [0.4, 0.5) is 0 Å². The molecule has 0 atom stereocenters. The molecule has 212 valence electrons. The summed E-state index contributed by atoms with van der Waals surface area (Å²) in [4.78, 5) is 19.0. The topological polar surface area (TPSA) is 42.0 Å². The van der Waals surface area contributed by atoms with Gasteiger partial charge in [-0.25, -0.2) is 0 Å². The predicted octanol–water partition coefficient (Wildman–Crippen LogP) is 7.08. The molecular formula is C36H40N2O3. The van der Waals surface area contributed by atoms with Crippen LogP contribution in [0.5, 0.6) is 11.5 Å². The van der Waals surface area contributed by atoms with E-state index in [0.717, 1.165) is 52.1 Å². The van der Waals surface area contributed by atoms with Crippen molar-refractivity contribution >= 4 is 16.6 Å². The second-order valence-electron chi connectivity index (χ2n) is 11.2. The quantitative estimate of drug-likeness (QED) is 0.187. The first-order chi connectivity index (χ1) is 20.2. The Morgan fingerprint density at radius 3 is 1.80 bits per heavy atom. The third-order valence-electron chi connectivity index (χ3n) is 8.44. The number of nitrogens with zero attached hydrogens (tertiary/aromatic N) is 2. The van der Waals surface area contributed by atoms with Gasteiger partial charge in [0.25, 0.3) is 0 Å². The van der Waals surface area contributed by atoms with E-state index in [2.05, 4.69) is 40.1 Å². The number of hydrogen-bond acceptors (Lipinski definition) is 5. The highest BCUT2D eigenvalue weighted by molar-refractivity contribution is 6.20. The van der Waals surface area contributed by atoms with Crippen LogP contribution < -0.4 is 9.47 Å². The smallest absolute Gasteiger partial charge is 0.194 e. The summed E-state index contributed by atoms with van der Waals surface area (Å²) < 4.78 is 12.0. The minimum Gasteiger partial charge on any atom is -0.492 e. The summed E-state index contributed by atoms with van der Waals surface area (Å²) in [6.45, 7) is 7.95. The highest BCUT2D eigenvalue weighted by Crippen LogP contribution is 2.33. The standard InChI is InChI=1S/C36H40N2O3/c39-36(30-12-17-32(18-13-30)41-26-24-37-20-4-1-5-21-37)35-33-9-3-2-8-28(33)14-19-34(35)29-10-15-31(16-11-29)40-27-25-38-22-6-7-23-38/h2-3,8-19H,1,4-7,20-27H2. The van der Waals surface area contributed by atoms with E-state index in [1.165, 1.54) is 58.3 Å². The number of benzene rings is 4. The second kappa shape index (κ2) is 13.3. The van der Waals surface area contributed by atoms with Crippen LogP contribution in [0.15, 0.2) is 84.9 Å². The van der Waals surface area contributed by atoms with Crippen molar-refractivity contribution < 1.29 is 14.3 Å². The molecule has 5 nitrogen and oxygen atoms in total. The van der Waals surface area contributed by atoms with E-state index in [4.69, 9.17) is 9.47 Å². The van der Waals surface area contributed by atoms with Crippen molar-refractivity contribution in [3.63, 3.8) is 0 Å². The molecule has 2 saturated heterocycles. The molecule has 4 aromatic rings. The van der Waals surface area contributed by atoms with Crippen LogP contribution in [0.25, 0.3) is 21.9 Å². The van der Waals surface area contributed by atoms with Gasteiger partial charge >= 0.3 is 0 Å². The number of carbonyl (C=O) groups is 1. The van der Waals surface area contributed by atoms with Gasteiger partial charge in [0, 0.05) is 24.2 Å². The first kappa shape index (κ1) is 27.5. The molecule has 0 aliphatic carbocycles. The minimum atomic E-state index is 0.0163. The Balaban J connectivity index is 1.18. The van der Waals surface area contributed by atoms with Gasteiger partial charge in [-0.3, -0.25) is 14.6 Å². The Bertz CT molecular complexity index is 1440. The molecule has 0 spiro atoms. The van der Waals surface area contributed by atoms with Crippen molar-refractivity contribution in [3.8, 4) is 22.6 Å². The molecule has 5 heteroatoms. The van der Waals surface area contributed by atoms with Gasteiger partial charge in [0.05, 0.1) is 0 Å². The number of fused-ring (bicyclic) bond motifs is 1. The lowest BCUT2D eigenvalue weighted by atomic mass is 9.89. The van der Waals surface area contributed by atoms with E-state index >= 15 is 0 Å². The molecule has 0 bridgehead atoms. The summed E-state index contributed by atoms with van der Waals surface area (Å²) in [5, 5.41) is 2.02. The van der Waals surface area contributed by atoms with Crippen LogP contribution in [-0.2, 0) is 0 Å². The van der Waals surface area contributed by atoms with E-state index < -0.39 is 0 Å². The number of likely N-dealkylation sites (tertiary alicyclic amines) is 2. The molecule has 2 aliphatic heterocycles. The number of piperidine rings is 1. The number of hydrogen-bond donors (Lipinski definition) is 0. The highest BCUT2D eigenvalue weighted by Gasteiger charge is 2.19. The molecule has 6 rings (SSSR count). The van der Waals surface area contributed by atoms with Gasteiger partial charge in [-0.2, -0.15) is 0 Å². The average molecular weight is 549 g/mol. The number of carbonyl (C=O) groups excluding carboxylic acids is 1. The summed E-state index contributed by atoms with van der Waals surface area (Å²) in [7, 11) is 0. The maximum absolute atomic E-state index is 14.0. The Morgan fingerprint density at radius 1 is 0.610 bits per heavy atom. The maximum atomic E-state index is 14.0. The molecular weight excluding hydrogens is 508 g/mol. The summed E-state index contributed by atoms with van der Waals surface area (Å²) in [5.41, 5.74) is 3.32. The molecule has 0 radical (unpaired) electrons. The van der Waals surface area contributed by atoms with Gasteiger partial charge in [0.2, 0.25) is 0 Å². The monoisotopic (exact) mass is 548 g/mol. The Morgan fingerprint density at radius 2 is 1.17 bits per heavy atom. The molecule has 4 aromatic carbocycles. The van der Waals surface area contributed by atoms with E-state index in [-0.39, 0.29) is 5.78 Å². The van der Waals surface area contributed by atoms with Crippen LogP contribution in [0, 0.1) is 0 Å². The average Bonchev–Trinajstić information content (AvgIpc) is 3.55. The van der Waals surface area contributed by atoms with Crippen LogP contribution in [0.3, 0.4) is 0 Å². The van der Waals surface area contributed by atoms with Crippen molar-refractivity contribution in [1.82, 2.24) is 9.80 Å². The van der Waals surface area contributed by atoms with Crippen LogP contribution in [-0.4, -0.2) is 68.1 Å². The van der Waals surface area contributed by atoms with E-state index in [0.29, 0.717) is 18.8 Å². The van der Waals surface area contributed by atoms with E-state index in [1.54, 1.807) is 0 Å². The largest absolute Gasteiger partial charge is 0.492 e. The molecule has 0 N–H and O–H groups in total. The van der Waals surface area contributed by atoms with Gasteiger partial charge in [-0.05, 0) is 110 Å². The molecule has 0 amide bonds. The maximum Gasteiger partial charge on any atom is 0.194 e. The normalized spacial score (nSPS) is 16.2. The fraction of sp³-hybridized carbons (Fsp3) is 0.361. The van der Waals surface area contributed by atoms with Gasteiger partial charge in [0.1, 0.15) is 24.7 Å². The molecule has 2 heterocycles. The Hall–Kier alpha value is -3.67. The molecule has 0 saturated carbocycles. The van der Waals surface area contributed by atoms with Gasteiger partial charge in [-0.1, -0.05) is 55.0 Å². The van der Waals surface area contributed by atoms with Crippen molar-refractivity contribution in [2.24, 2.45) is 0 Å². The zero-order chi connectivity index (χ0) is 27.9. The Labute approximate surface area is 243 Å². The Kier molecular flexibility index (Phi) is 8.94. The summed E-state index contributed by atoms with van der Waals surface area (Å²) in [6, 6.07) is 28.0. The van der Waals surface area contributed by atoms with Crippen LogP contribution in [0.1, 0.15) is 48.0 Å². The van der Waals surface area contributed by atoms with Crippen molar-refractivity contribution in [3.05, 3.63) is 96.1 Å². The predicted molar refractivity (Wildman–Crippen MR) is 166 cm³/mol. The highest BCUT2D eigenvalue weighted by atomic mass is 16.5. The fourth-order valence-electron chi connectivity index (χ4n) is 6.11. The minimum absolute atomic E-state index is 0.0163. The summed E-state index contributed by atoms with van der Waals surface area (Å²) in [6.07, 6.45) is 6.48. The lowest BCUT2D eigenvalue weighted by molar-refractivity contribution is 0.104. The third kappa shape index (κ3) is 6.80. The third-order valence-corrected chi connectivity index (χ3v) is 8.44. The zero-order valence-electron chi connectivity index (χ0n) is 23.9. The van der Waals surface area contributed by atoms with Gasteiger partial charge < -0.3 is 9.47 Å². The first-order valence-corrected chi connectivity index (χ1v) is 15.2. The summed E-state index contributed by atoms with van der Waals surface area (Å²) >= 11 is 0. The SMILES string of the molecule is O=C(c1ccc(OCCN2CCCCC2)cc1)c1c(-c2ccc(OCCN3CCCC3)cc2)ccc2ccccc12. The molecule has 0 aromatic heterocycles.